The van der Waals surface area contributed by atoms with E-state index in [-0.39, 0.29) is 36.4 Å². The molecule has 2 N–H and O–H groups in total. The molecule has 7 heteroatoms. The van der Waals surface area contributed by atoms with E-state index in [4.69, 9.17) is 0 Å². The summed E-state index contributed by atoms with van der Waals surface area (Å²) in [6, 6.07) is 12.4. The number of carbonyl (C=O) groups is 1. The maximum Gasteiger partial charge on any atom is 0.241 e. The van der Waals surface area contributed by atoms with Crippen LogP contribution in [-0.2, 0) is 17.8 Å². The fourth-order valence-corrected chi connectivity index (χ4v) is 2.67. The van der Waals surface area contributed by atoms with Crippen LogP contribution in [0.15, 0.2) is 52.2 Å². The van der Waals surface area contributed by atoms with Crippen molar-refractivity contribution in [3.8, 4) is 0 Å². The molecule has 0 saturated carbocycles. The third-order valence-corrected chi connectivity index (χ3v) is 4.19. The van der Waals surface area contributed by atoms with E-state index in [1.54, 1.807) is 30.3 Å². The highest BCUT2D eigenvalue weighted by Crippen LogP contribution is 2.06. The largest absolute Gasteiger partial charge is 0.356 e. The molecule has 0 spiro atoms. The van der Waals surface area contributed by atoms with Gasteiger partial charge in [-0.2, -0.15) is 11.3 Å². The molecule has 0 aliphatic carbocycles. The van der Waals surface area contributed by atoms with Crippen LogP contribution < -0.4 is 10.6 Å². The number of guanidine groups is 1. The molecule has 0 aliphatic rings. The summed E-state index contributed by atoms with van der Waals surface area (Å²) >= 11 is 1.66. The van der Waals surface area contributed by atoms with Gasteiger partial charge in [-0.05, 0) is 34.4 Å². The summed E-state index contributed by atoms with van der Waals surface area (Å²) in [5.41, 5.74) is 2.44. The average Bonchev–Trinajstić information content (AvgIpc) is 3.10. The fourth-order valence-electron chi connectivity index (χ4n) is 2.01. The Labute approximate surface area is 170 Å². The van der Waals surface area contributed by atoms with E-state index in [0.29, 0.717) is 12.5 Å². The molecule has 1 aromatic carbocycles. The molecule has 2 aromatic rings. The van der Waals surface area contributed by atoms with Crippen molar-refractivity contribution in [3.63, 3.8) is 0 Å². The van der Waals surface area contributed by atoms with Gasteiger partial charge in [-0.25, -0.2) is 4.99 Å². The normalized spacial score (nSPS) is 10.7. The Morgan fingerprint density at radius 2 is 1.88 bits per heavy atom. The highest BCUT2D eigenvalue weighted by molar-refractivity contribution is 14.0. The first-order chi connectivity index (χ1) is 11.6. The third kappa shape index (κ3) is 8.35. The standard InChI is InChI=1S/C18H24N4OS.HI/c1-22(2)17(23)13-21-18(20-12-16-9-11-24-14-16)19-10-8-15-6-4-3-5-7-15;/h3-7,9,11,14H,8,10,12-13H2,1-2H3,(H2,19,20,21);1H. The molecule has 1 amide bonds. The van der Waals surface area contributed by atoms with Gasteiger partial charge in [0.15, 0.2) is 5.96 Å². The number of rotatable bonds is 7. The second-order valence-electron chi connectivity index (χ2n) is 5.60. The fraction of sp³-hybridized carbons (Fsp3) is 0.333. The summed E-state index contributed by atoms with van der Waals surface area (Å²) in [4.78, 5) is 17.9. The number of nitrogens with one attached hydrogen (secondary N) is 2. The van der Waals surface area contributed by atoms with Crippen LogP contribution in [-0.4, -0.2) is 44.0 Å². The highest BCUT2D eigenvalue weighted by Gasteiger charge is 2.06. The van der Waals surface area contributed by atoms with Crippen LogP contribution in [0.4, 0.5) is 0 Å². The summed E-state index contributed by atoms with van der Waals surface area (Å²) in [6.45, 7) is 1.59. The lowest BCUT2D eigenvalue weighted by atomic mass is 10.1. The number of hydrogen-bond acceptors (Lipinski definition) is 3. The van der Waals surface area contributed by atoms with Crippen LogP contribution in [0.2, 0.25) is 0 Å². The van der Waals surface area contributed by atoms with E-state index in [1.807, 2.05) is 23.6 Å². The number of likely N-dealkylation sites (N-methyl/N-ethyl adjacent to an activating group) is 1. The van der Waals surface area contributed by atoms with Crippen molar-refractivity contribution in [2.24, 2.45) is 4.99 Å². The number of thiophene rings is 1. The van der Waals surface area contributed by atoms with Crippen molar-refractivity contribution in [1.29, 1.82) is 0 Å². The van der Waals surface area contributed by atoms with Gasteiger partial charge in [-0.1, -0.05) is 30.3 Å². The van der Waals surface area contributed by atoms with Crippen molar-refractivity contribution in [2.45, 2.75) is 13.0 Å². The molecule has 136 valence electrons. The summed E-state index contributed by atoms with van der Waals surface area (Å²) in [6.07, 6.45) is 0.904. The zero-order chi connectivity index (χ0) is 17.2. The average molecular weight is 472 g/mol. The first-order valence-corrected chi connectivity index (χ1v) is 8.87. The Kier molecular flexibility index (Phi) is 10.2. The predicted molar refractivity (Wildman–Crippen MR) is 116 cm³/mol. The second kappa shape index (κ2) is 11.9. The number of amides is 1. The first-order valence-electron chi connectivity index (χ1n) is 7.92. The minimum atomic E-state index is 0. The first kappa shape index (κ1) is 21.4. The van der Waals surface area contributed by atoms with Crippen LogP contribution in [0.5, 0.6) is 0 Å². The van der Waals surface area contributed by atoms with E-state index >= 15 is 0 Å². The lowest BCUT2D eigenvalue weighted by molar-refractivity contribution is -0.127. The van der Waals surface area contributed by atoms with Gasteiger partial charge in [-0.15, -0.1) is 24.0 Å². The second-order valence-corrected chi connectivity index (χ2v) is 6.38. The maximum absolute atomic E-state index is 11.8. The van der Waals surface area contributed by atoms with Crippen molar-refractivity contribution in [2.75, 3.05) is 27.2 Å². The molecular formula is C18H25IN4OS. The Hall–Kier alpha value is -1.61. The minimum Gasteiger partial charge on any atom is -0.356 e. The number of halogens is 1. The van der Waals surface area contributed by atoms with Gasteiger partial charge >= 0.3 is 0 Å². The van der Waals surface area contributed by atoms with Crippen LogP contribution in [0.1, 0.15) is 11.1 Å². The monoisotopic (exact) mass is 472 g/mol. The number of nitrogens with zero attached hydrogens (tertiary/aromatic N) is 2. The van der Waals surface area contributed by atoms with E-state index < -0.39 is 0 Å². The zero-order valence-corrected chi connectivity index (χ0v) is 17.7. The Balaban J connectivity index is 0.00000312. The molecule has 1 aromatic heterocycles. The van der Waals surface area contributed by atoms with Crippen molar-refractivity contribution in [1.82, 2.24) is 15.5 Å². The van der Waals surface area contributed by atoms with Gasteiger partial charge in [0, 0.05) is 20.6 Å². The summed E-state index contributed by atoms with van der Waals surface area (Å²) in [5.74, 6) is 0.676. The van der Waals surface area contributed by atoms with Crippen LogP contribution in [0, 0.1) is 0 Å². The maximum atomic E-state index is 11.8. The Morgan fingerprint density at radius 1 is 1.12 bits per heavy atom. The SMILES string of the molecule is CN(C)C(=O)CNC(=NCc1ccsc1)NCCc1ccccc1.I. The predicted octanol–water partition coefficient (Wildman–Crippen LogP) is 2.73. The minimum absolute atomic E-state index is 0. The quantitative estimate of drug-likeness (QED) is 0.370. The number of carbonyl (C=O) groups excluding carboxylic acids is 1. The van der Waals surface area contributed by atoms with Crippen molar-refractivity contribution in [3.05, 3.63) is 58.3 Å². The number of aliphatic imine (C=N–C) groups is 1. The van der Waals surface area contributed by atoms with Gasteiger partial charge in [0.1, 0.15) is 0 Å². The van der Waals surface area contributed by atoms with Crippen molar-refractivity contribution < 1.29 is 4.79 Å². The van der Waals surface area contributed by atoms with Gasteiger partial charge in [0.25, 0.3) is 0 Å². The Morgan fingerprint density at radius 3 is 2.52 bits per heavy atom. The van der Waals surface area contributed by atoms with Crippen molar-refractivity contribution >= 4 is 47.2 Å². The molecule has 0 bridgehead atoms. The molecule has 2 rings (SSSR count). The molecule has 1 heterocycles. The van der Waals surface area contributed by atoms with Gasteiger partial charge < -0.3 is 15.5 Å². The van der Waals surface area contributed by atoms with E-state index in [2.05, 4.69) is 39.2 Å². The molecule has 5 nitrogen and oxygen atoms in total. The molecular weight excluding hydrogens is 447 g/mol. The molecule has 0 radical (unpaired) electrons. The lowest BCUT2D eigenvalue weighted by Crippen LogP contribution is -2.43. The molecule has 0 aliphatic heterocycles. The molecule has 0 saturated heterocycles. The van der Waals surface area contributed by atoms with Gasteiger partial charge in [0.2, 0.25) is 5.91 Å². The Bertz CT molecular complexity index is 644. The molecule has 0 fully saturated rings. The van der Waals surface area contributed by atoms with Crippen LogP contribution >= 0.6 is 35.3 Å². The summed E-state index contributed by atoms with van der Waals surface area (Å²) < 4.78 is 0. The molecule has 25 heavy (non-hydrogen) atoms. The summed E-state index contributed by atoms with van der Waals surface area (Å²) in [5, 5.41) is 10.5. The molecule has 0 unspecified atom stereocenters. The highest BCUT2D eigenvalue weighted by atomic mass is 127. The number of benzene rings is 1. The third-order valence-electron chi connectivity index (χ3n) is 3.45. The van der Waals surface area contributed by atoms with Crippen LogP contribution in [0.3, 0.4) is 0 Å². The van der Waals surface area contributed by atoms with Gasteiger partial charge in [-0.3, -0.25) is 4.79 Å². The van der Waals surface area contributed by atoms with E-state index in [0.717, 1.165) is 13.0 Å². The van der Waals surface area contributed by atoms with E-state index in [1.165, 1.54) is 11.1 Å². The van der Waals surface area contributed by atoms with E-state index in [9.17, 15) is 4.79 Å². The zero-order valence-electron chi connectivity index (χ0n) is 14.6. The number of hydrogen-bond donors (Lipinski definition) is 2. The van der Waals surface area contributed by atoms with Gasteiger partial charge in [0.05, 0.1) is 13.1 Å². The lowest BCUT2D eigenvalue weighted by Gasteiger charge is -2.15. The topological polar surface area (TPSA) is 56.7 Å². The summed E-state index contributed by atoms with van der Waals surface area (Å²) in [7, 11) is 3.49. The van der Waals surface area contributed by atoms with Crippen LogP contribution in [0.25, 0.3) is 0 Å². The molecule has 0 atom stereocenters. The smallest absolute Gasteiger partial charge is 0.241 e.